The SMILES string of the molecule is CC(=O)O[C@@H]1CC[C@@]2(C)[C@H](CC[C@@H]3[C@@H]2CC[C@]2(C)[C@@H]([C@H](C)CCC(=O)NCCCNCCCCN)CC[C@@H]32)C1. The number of amides is 1. The predicted molar refractivity (Wildman–Crippen MR) is 158 cm³/mol. The Balaban J connectivity index is 1.23. The van der Waals surface area contributed by atoms with Crippen LogP contribution in [0.5, 0.6) is 0 Å². The van der Waals surface area contributed by atoms with Gasteiger partial charge >= 0.3 is 5.97 Å². The Morgan fingerprint density at radius 3 is 2.44 bits per heavy atom. The first-order valence-electron chi connectivity index (χ1n) is 16.5. The number of fused-ring (bicyclic) bond motifs is 5. The Morgan fingerprint density at radius 1 is 0.923 bits per heavy atom. The van der Waals surface area contributed by atoms with Gasteiger partial charge in [0.2, 0.25) is 5.91 Å². The van der Waals surface area contributed by atoms with Crippen molar-refractivity contribution in [3.8, 4) is 0 Å². The molecule has 4 rings (SSSR count). The average Bonchev–Trinajstić information content (AvgIpc) is 3.26. The number of nitrogens with two attached hydrogens (primary N) is 1. The van der Waals surface area contributed by atoms with Crippen molar-refractivity contribution in [2.24, 2.45) is 52.1 Å². The fourth-order valence-electron chi connectivity index (χ4n) is 10.1. The van der Waals surface area contributed by atoms with Gasteiger partial charge in [-0.15, -0.1) is 0 Å². The van der Waals surface area contributed by atoms with Crippen LogP contribution in [0.25, 0.3) is 0 Å². The fourth-order valence-corrected chi connectivity index (χ4v) is 10.1. The molecule has 0 aromatic heterocycles. The summed E-state index contributed by atoms with van der Waals surface area (Å²) in [4.78, 5) is 24.1. The number of hydrogen-bond donors (Lipinski definition) is 3. The molecule has 6 nitrogen and oxygen atoms in total. The van der Waals surface area contributed by atoms with Crippen LogP contribution < -0.4 is 16.4 Å². The summed E-state index contributed by atoms with van der Waals surface area (Å²) in [6, 6.07) is 0. The zero-order valence-corrected chi connectivity index (χ0v) is 25.6. The molecule has 0 unspecified atom stereocenters. The summed E-state index contributed by atoms with van der Waals surface area (Å²) < 4.78 is 5.66. The zero-order chi connectivity index (χ0) is 28.0. The van der Waals surface area contributed by atoms with Crippen molar-refractivity contribution in [2.45, 2.75) is 124 Å². The van der Waals surface area contributed by atoms with Gasteiger partial charge in [-0.25, -0.2) is 0 Å². The Labute approximate surface area is 238 Å². The molecule has 39 heavy (non-hydrogen) atoms. The summed E-state index contributed by atoms with van der Waals surface area (Å²) in [6.07, 6.45) is 16.5. The number of rotatable bonds is 13. The molecule has 4 saturated carbocycles. The molecule has 0 radical (unpaired) electrons. The Bertz CT molecular complexity index is 820. The number of carbonyl (C=O) groups is 2. The second-order valence-corrected chi connectivity index (χ2v) is 14.4. The topological polar surface area (TPSA) is 93.5 Å². The number of ether oxygens (including phenoxy) is 1. The average molecular weight is 546 g/mol. The molecule has 0 bridgehead atoms. The van der Waals surface area contributed by atoms with Crippen LogP contribution in [0.1, 0.15) is 118 Å². The highest BCUT2D eigenvalue weighted by atomic mass is 16.5. The van der Waals surface area contributed by atoms with Gasteiger partial charge in [-0.1, -0.05) is 20.8 Å². The number of carbonyl (C=O) groups excluding carboxylic acids is 2. The molecule has 0 saturated heterocycles. The van der Waals surface area contributed by atoms with Gasteiger partial charge in [0.05, 0.1) is 0 Å². The summed E-state index contributed by atoms with van der Waals surface area (Å²) >= 11 is 0. The van der Waals surface area contributed by atoms with Crippen LogP contribution in [0.3, 0.4) is 0 Å². The highest BCUT2D eigenvalue weighted by molar-refractivity contribution is 5.75. The standard InChI is InChI=1S/C33H59N3O3/c1-23(8-13-31(38)36-21-7-20-35-19-6-5-18-34)28-11-12-29-27-10-9-25-22-26(39-24(2)37)14-16-32(25,3)30(27)15-17-33(28,29)4/h23,25-30,35H,5-22,34H2,1-4H3,(H,36,38)/t23-,25-,26-,27+,28-,29+,30+,32+,33-/m1/s1. The molecule has 0 aromatic rings. The Hall–Kier alpha value is -1.14. The molecule has 4 aliphatic rings. The predicted octanol–water partition coefficient (Wildman–Crippen LogP) is 5.83. The zero-order valence-electron chi connectivity index (χ0n) is 25.6. The second kappa shape index (κ2) is 13.7. The summed E-state index contributed by atoms with van der Waals surface area (Å²) in [5.41, 5.74) is 6.39. The van der Waals surface area contributed by atoms with Crippen LogP contribution >= 0.6 is 0 Å². The molecule has 0 aliphatic heterocycles. The van der Waals surface area contributed by atoms with Gasteiger partial charge in [0.25, 0.3) is 0 Å². The largest absolute Gasteiger partial charge is 0.463 e. The molecule has 0 aromatic carbocycles. The van der Waals surface area contributed by atoms with Gasteiger partial charge in [-0.05, 0) is 149 Å². The smallest absolute Gasteiger partial charge is 0.302 e. The van der Waals surface area contributed by atoms with Gasteiger partial charge in [0, 0.05) is 19.9 Å². The molecule has 6 heteroatoms. The van der Waals surface area contributed by atoms with E-state index in [1.54, 1.807) is 6.92 Å². The van der Waals surface area contributed by atoms with E-state index in [-0.39, 0.29) is 18.0 Å². The van der Waals surface area contributed by atoms with Gasteiger partial charge in [0.15, 0.2) is 0 Å². The maximum atomic E-state index is 12.6. The minimum atomic E-state index is -0.115. The van der Waals surface area contributed by atoms with E-state index >= 15 is 0 Å². The van der Waals surface area contributed by atoms with Crippen LogP contribution in [-0.4, -0.2) is 44.2 Å². The molecular weight excluding hydrogens is 486 g/mol. The number of nitrogens with one attached hydrogen (secondary N) is 2. The second-order valence-electron chi connectivity index (χ2n) is 14.4. The summed E-state index contributed by atoms with van der Waals surface area (Å²) in [5.74, 6) is 4.72. The van der Waals surface area contributed by atoms with Gasteiger partial charge < -0.3 is 21.1 Å². The van der Waals surface area contributed by atoms with Gasteiger partial charge in [-0.2, -0.15) is 0 Å². The van der Waals surface area contributed by atoms with Gasteiger partial charge in [-0.3, -0.25) is 9.59 Å². The minimum absolute atomic E-state index is 0.115. The first kappa shape index (κ1) is 30.8. The lowest BCUT2D eigenvalue weighted by Gasteiger charge is -2.61. The number of unbranched alkanes of at least 4 members (excludes halogenated alkanes) is 1. The lowest BCUT2D eigenvalue weighted by atomic mass is 9.44. The van der Waals surface area contributed by atoms with Crippen molar-refractivity contribution in [2.75, 3.05) is 26.2 Å². The summed E-state index contributed by atoms with van der Waals surface area (Å²) in [7, 11) is 0. The maximum absolute atomic E-state index is 12.6. The van der Waals surface area contributed by atoms with Crippen molar-refractivity contribution in [1.29, 1.82) is 0 Å². The highest BCUT2D eigenvalue weighted by Gasteiger charge is 2.60. The van der Waals surface area contributed by atoms with E-state index in [1.165, 1.54) is 44.9 Å². The third kappa shape index (κ3) is 7.02. The van der Waals surface area contributed by atoms with Crippen molar-refractivity contribution < 1.29 is 14.3 Å². The first-order chi connectivity index (χ1) is 18.7. The van der Waals surface area contributed by atoms with Crippen molar-refractivity contribution >= 4 is 11.9 Å². The molecule has 4 aliphatic carbocycles. The van der Waals surface area contributed by atoms with Crippen LogP contribution in [0.15, 0.2) is 0 Å². The molecule has 1 amide bonds. The molecule has 0 spiro atoms. The van der Waals surface area contributed by atoms with Crippen molar-refractivity contribution in [3.05, 3.63) is 0 Å². The monoisotopic (exact) mass is 545 g/mol. The quantitative estimate of drug-likeness (QED) is 0.200. The van der Waals surface area contributed by atoms with Gasteiger partial charge in [0.1, 0.15) is 6.10 Å². The van der Waals surface area contributed by atoms with E-state index < -0.39 is 0 Å². The van der Waals surface area contributed by atoms with E-state index in [0.29, 0.717) is 29.1 Å². The third-order valence-corrected chi connectivity index (χ3v) is 12.2. The van der Waals surface area contributed by atoms with Crippen molar-refractivity contribution in [3.63, 3.8) is 0 Å². The van der Waals surface area contributed by atoms with Crippen LogP contribution in [0.2, 0.25) is 0 Å². The van der Waals surface area contributed by atoms with E-state index in [2.05, 4.69) is 31.4 Å². The van der Waals surface area contributed by atoms with Crippen LogP contribution in [0.4, 0.5) is 0 Å². The molecular formula is C33H59N3O3. The Kier molecular flexibility index (Phi) is 10.8. The number of esters is 1. The van der Waals surface area contributed by atoms with Crippen LogP contribution in [0, 0.1) is 46.3 Å². The third-order valence-electron chi connectivity index (χ3n) is 12.2. The molecule has 9 atom stereocenters. The van der Waals surface area contributed by atoms with E-state index in [4.69, 9.17) is 10.5 Å². The molecule has 224 valence electrons. The lowest BCUT2D eigenvalue weighted by molar-refractivity contribution is -0.160. The molecule has 4 fully saturated rings. The van der Waals surface area contributed by atoms with E-state index in [9.17, 15) is 9.59 Å². The maximum Gasteiger partial charge on any atom is 0.302 e. The van der Waals surface area contributed by atoms with E-state index in [0.717, 1.165) is 88.4 Å². The Morgan fingerprint density at radius 2 is 1.67 bits per heavy atom. The number of hydrogen-bond acceptors (Lipinski definition) is 5. The minimum Gasteiger partial charge on any atom is -0.463 e. The fraction of sp³-hybridized carbons (Fsp3) is 0.939. The summed E-state index contributed by atoms with van der Waals surface area (Å²) in [6.45, 7) is 12.7. The first-order valence-corrected chi connectivity index (χ1v) is 16.5. The van der Waals surface area contributed by atoms with Crippen LogP contribution in [-0.2, 0) is 14.3 Å². The molecule has 0 heterocycles. The molecule has 4 N–H and O–H groups in total. The highest BCUT2D eigenvalue weighted by Crippen LogP contribution is 2.68. The normalized spacial score (nSPS) is 38.3. The summed E-state index contributed by atoms with van der Waals surface area (Å²) in [5, 5.41) is 6.58. The van der Waals surface area contributed by atoms with Crippen molar-refractivity contribution in [1.82, 2.24) is 10.6 Å². The van der Waals surface area contributed by atoms with E-state index in [1.807, 2.05) is 0 Å². The lowest BCUT2D eigenvalue weighted by Crippen LogP contribution is -2.54.